The standard InChI is InChI=1S/C15H27N3O/c1-11(2)18(12(3)4)8-9-19-15-10-14(13(5)16)6-7-17-15/h6-7,10-13H,8-9,16H2,1-5H3/t13-/m1/s1. The van der Waals surface area contributed by atoms with E-state index in [0.717, 1.165) is 12.1 Å². The highest BCUT2D eigenvalue weighted by Crippen LogP contribution is 2.14. The van der Waals surface area contributed by atoms with Gasteiger partial charge in [-0.2, -0.15) is 0 Å². The molecule has 0 bridgehead atoms. The Hall–Kier alpha value is -1.13. The molecule has 1 atom stereocenters. The predicted molar refractivity (Wildman–Crippen MR) is 79.3 cm³/mol. The maximum Gasteiger partial charge on any atom is 0.213 e. The summed E-state index contributed by atoms with van der Waals surface area (Å²) in [4.78, 5) is 6.61. The molecule has 0 aliphatic rings. The van der Waals surface area contributed by atoms with Crippen LogP contribution in [0, 0.1) is 0 Å². The molecule has 0 saturated carbocycles. The zero-order valence-corrected chi connectivity index (χ0v) is 12.8. The van der Waals surface area contributed by atoms with Gasteiger partial charge in [0.05, 0.1) is 0 Å². The van der Waals surface area contributed by atoms with E-state index in [1.165, 1.54) is 0 Å². The van der Waals surface area contributed by atoms with Crippen LogP contribution in [0.1, 0.15) is 46.2 Å². The first kappa shape index (κ1) is 15.9. The average molecular weight is 265 g/mol. The number of hydrogen-bond donors (Lipinski definition) is 1. The molecule has 1 aromatic rings. The molecule has 19 heavy (non-hydrogen) atoms. The van der Waals surface area contributed by atoms with Crippen molar-refractivity contribution in [2.24, 2.45) is 5.73 Å². The van der Waals surface area contributed by atoms with Crippen molar-refractivity contribution < 1.29 is 4.74 Å². The van der Waals surface area contributed by atoms with Gasteiger partial charge in [0.15, 0.2) is 0 Å². The highest BCUT2D eigenvalue weighted by atomic mass is 16.5. The lowest BCUT2D eigenvalue weighted by atomic mass is 10.1. The summed E-state index contributed by atoms with van der Waals surface area (Å²) < 4.78 is 5.72. The Balaban J connectivity index is 2.50. The van der Waals surface area contributed by atoms with E-state index in [0.29, 0.717) is 24.6 Å². The van der Waals surface area contributed by atoms with Crippen LogP contribution in [0.5, 0.6) is 5.88 Å². The molecule has 0 amide bonds. The van der Waals surface area contributed by atoms with E-state index in [1.807, 2.05) is 19.1 Å². The summed E-state index contributed by atoms with van der Waals surface area (Å²) in [6, 6.07) is 4.89. The monoisotopic (exact) mass is 265 g/mol. The first-order valence-electron chi connectivity index (χ1n) is 7.02. The molecule has 0 aliphatic heterocycles. The first-order valence-corrected chi connectivity index (χ1v) is 7.02. The largest absolute Gasteiger partial charge is 0.476 e. The fourth-order valence-corrected chi connectivity index (χ4v) is 2.16. The lowest BCUT2D eigenvalue weighted by molar-refractivity contribution is 0.140. The van der Waals surface area contributed by atoms with E-state index in [4.69, 9.17) is 10.5 Å². The van der Waals surface area contributed by atoms with E-state index >= 15 is 0 Å². The third-order valence-electron chi connectivity index (χ3n) is 3.21. The van der Waals surface area contributed by atoms with E-state index in [2.05, 4.69) is 37.6 Å². The molecule has 1 heterocycles. The predicted octanol–water partition coefficient (Wildman–Crippen LogP) is 2.60. The molecule has 0 fully saturated rings. The quantitative estimate of drug-likeness (QED) is 0.823. The van der Waals surface area contributed by atoms with Crippen molar-refractivity contribution in [3.63, 3.8) is 0 Å². The number of aromatic nitrogens is 1. The van der Waals surface area contributed by atoms with Gasteiger partial charge in [0.25, 0.3) is 0 Å². The van der Waals surface area contributed by atoms with Gasteiger partial charge in [-0.25, -0.2) is 4.98 Å². The summed E-state index contributed by atoms with van der Waals surface area (Å²) in [5, 5.41) is 0. The number of ether oxygens (including phenoxy) is 1. The summed E-state index contributed by atoms with van der Waals surface area (Å²) in [6.45, 7) is 12.3. The fourth-order valence-electron chi connectivity index (χ4n) is 2.16. The number of nitrogens with two attached hydrogens (primary N) is 1. The van der Waals surface area contributed by atoms with Crippen molar-refractivity contribution >= 4 is 0 Å². The molecule has 2 N–H and O–H groups in total. The van der Waals surface area contributed by atoms with Crippen molar-refractivity contribution in [1.82, 2.24) is 9.88 Å². The summed E-state index contributed by atoms with van der Waals surface area (Å²) in [6.07, 6.45) is 1.75. The Bertz CT molecular complexity index is 369. The van der Waals surface area contributed by atoms with Crippen LogP contribution in [0.2, 0.25) is 0 Å². The molecular weight excluding hydrogens is 238 g/mol. The maximum absolute atomic E-state index is 5.85. The lowest BCUT2D eigenvalue weighted by Gasteiger charge is -2.30. The topological polar surface area (TPSA) is 51.4 Å². The van der Waals surface area contributed by atoms with Crippen LogP contribution >= 0.6 is 0 Å². The molecule has 108 valence electrons. The Labute approximate surface area is 117 Å². The van der Waals surface area contributed by atoms with Gasteiger partial charge in [-0.15, -0.1) is 0 Å². The first-order chi connectivity index (χ1) is 8.91. The van der Waals surface area contributed by atoms with Gasteiger partial charge in [0.1, 0.15) is 6.61 Å². The summed E-state index contributed by atoms with van der Waals surface area (Å²) in [7, 11) is 0. The van der Waals surface area contributed by atoms with Crippen LogP contribution in [-0.2, 0) is 0 Å². The summed E-state index contributed by atoms with van der Waals surface area (Å²) in [5.41, 5.74) is 6.90. The zero-order valence-electron chi connectivity index (χ0n) is 12.8. The Kier molecular flexibility index (Phi) is 6.25. The van der Waals surface area contributed by atoms with Crippen molar-refractivity contribution in [2.45, 2.75) is 52.7 Å². The van der Waals surface area contributed by atoms with Crippen LogP contribution in [-0.4, -0.2) is 35.1 Å². The molecule has 0 aliphatic carbocycles. The van der Waals surface area contributed by atoms with Crippen molar-refractivity contribution in [1.29, 1.82) is 0 Å². The molecule has 1 aromatic heterocycles. The molecule has 0 unspecified atom stereocenters. The fraction of sp³-hybridized carbons (Fsp3) is 0.667. The van der Waals surface area contributed by atoms with E-state index < -0.39 is 0 Å². The lowest BCUT2D eigenvalue weighted by Crippen LogP contribution is -2.39. The Morgan fingerprint density at radius 2 is 1.84 bits per heavy atom. The van der Waals surface area contributed by atoms with Crippen LogP contribution in [0.4, 0.5) is 0 Å². The Morgan fingerprint density at radius 1 is 1.21 bits per heavy atom. The van der Waals surface area contributed by atoms with Gasteiger partial charge in [0.2, 0.25) is 5.88 Å². The normalized spacial score (nSPS) is 13.3. The molecule has 0 spiro atoms. The van der Waals surface area contributed by atoms with Crippen LogP contribution < -0.4 is 10.5 Å². The molecule has 0 radical (unpaired) electrons. The third-order valence-corrected chi connectivity index (χ3v) is 3.21. The third kappa shape index (κ3) is 5.17. The average Bonchev–Trinajstić information content (AvgIpc) is 2.34. The van der Waals surface area contributed by atoms with Gasteiger partial charge in [-0.1, -0.05) is 0 Å². The van der Waals surface area contributed by atoms with Gasteiger partial charge in [-0.3, -0.25) is 4.90 Å². The summed E-state index contributed by atoms with van der Waals surface area (Å²) in [5.74, 6) is 0.655. The summed E-state index contributed by atoms with van der Waals surface area (Å²) >= 11 is 0. The van der Waals surface area contributed by atoms with Gasteiger partial charge in [0, 0.05) is 36.9 Å². The van der Waals surface area contributed by atoms with Crippen LogP contribution in [0.3, 0.4) is 0 Å². The van der Waals surface area contributed by atoms with Crippen molar-refractivity contribution in [3.05, 3.63) is 23.9 Å². The van der Waals surface area contributed by atoms with Crippen molar-refractivity contribution in [3.8, 4) is 5.88 Å². The van der Waals surface area contributed by atoms with Gasteiger partial charge >= 0.3 is 0 Å². The number of hydrogen-bond acceptors (Lipinski definition) is 4. The smallest absolute Gasteiger partial charge is 0.213 e. The molecule has 0 aromatic carbocycles. The zero-order chi connectivity index (χ0) is 14.4. The molecule has 4 heteroatoms. The second-order valence-corrected chi connectivity index (χ2v) is 5.49. The maximum atomic E-state index is 5.85. The van der Waals surface area contributed by atoms with Crippen LogP contribution in [0.15, 0.2) is 18.3 Å². The minimum absolute atomic E-state index is 0.00757. The van der Waals surface area contributed by atoms with E-state index in [-0.39, 0.29) is 6.04 Å². The molecule has 1 rings (SSSR count). The molecule has 4 nitrogen and oxygen atoms in total. The second kappa shape index (κ2) is 7.46. The highest BCUT2D eigenvalue weighted by molar-refractivity contribution is 5.22. The number of rotatable bonds is 7. The molecular formula is C15H27N3O. The Morgan fingerprint density at radius 3 is 2.37 bits per heavy atom. The highest BCUT2D eigenvalue weighted by Gasteiger charge is 2.13. The SMILES string of the molecule is CC(C)N(CCOc1cc([C@@H](C)N)ccn1)C(C)C. The van der Waals surface area contributed by atoms with E-state index in [9.17, 15) is 0 Å². The van der Waals surface area contributed by atoms with E-state index in [1.54, 1.807) is 6.20 Å². The van der Waals surface area contributed by atoms with Gasteiger partial charge in [-0.05, 0) is 46.2 Å². The van der Waals surface area contributed by atoms with Gasteiger partial charge < -0.3 is 10.5 Å². The number of nitrogens with zero attached hydrogens (tertiary/aromatic N) is 2. The number of pyridine rings is 1. The van der Waals surface area contributed by atoms with Crippen LogP contribution in [0.25, 0.3) is 0 Å². The van der Waals surface area contributed by atoms with Crippen molar-refractivity contribution in [2.75, 3.05) is 13.2 Å². The minimum atomic E-state index is 0.00757. The second-order valence-electron chi connectivity index (χ2n) is 5.49. The minimum Gasteiger partial charge on any atom is -0.476 e. The molecule has 0 saturated heterocycles.